The minimum atomic E-state index is -4.12. The summed E-state index contributed by atoms with van der Waals surface area (Å²) in [6.07, 6.45) is -1.06. The topological polar surface area (TPSA) is 147 Å². The molecule has 14 heteroatoms. The number of hydrogen-bond donors (Lipinski definition) is 3. The average Bonchev–Trinajstić information content (AvgIpc) is 3.60. The molecule has 0 unspecified atom stereocenters. The number of nitrogens with zero attached hydrogens (tertiary/aromatic N) is 5. The fourth-order valence-electron chi connectivity index (χ4n) is 6.09. The lowest BCUT2D eigenvalue weighted by Gasteiger charge is -2.34. The normalized spacial score (nSPS) is 15.7. The summed E-state index contributed by atoms with van der Waals surface area (Å²) >= 11 is 1.52. The number of sulfonamides is 1. The van der Waals surface area contributed by atoms with Gasteiger partial charge in [0.2, 0.25) is 15.9 Å². The Balaban J connectivity index is 1.59. The van der Waals surface area contributed by atoms with Gasteiger partial charge in [-0.1, -0.05) is 58.0 Å². The van der Waals surface area contributed by atoms with E-state index in [0.29, 0.717) is 25.3 Å². The number of urea groups is 1. The minimum Gasteiger partial charge on any atom is -0.506 e. The van der Waals surface area contributed by atoms with E-state index in [0.717, 1.165) is 16.3 Å². The summed E-state index contributed by atoms with van der Waals surface area (Å²) < 4.78 is 29.3. The van der Waals surface area contributed by atoms with Crippen molar-refractivity contribution < 1.29 is 28.2 Å². The van der Waals surface area contributed by atoms with Crippen LogP contribution in [0.1, 0.15) is 44.0 Å². The molecule has 0 saturated carbocycles. The van der Waals surface area contributed by atoms with Crippen molar-refractivity contribution >= 4 is 39.0 Å². The maximum atomic E-state index is 14.1. The highest BCUT2D eigenvalue weighted by molar-refractivity contribution is 7.89. The van der Waals surface area contributed by atoms with Crippen molar-refractivity contribution in [3.8, 4) is 5.75 Å². The van der Waals surface area contributed by atoms with Crippen LogP contribution in [0, 0.1) is 18.8 Å². The van der Waals surface area contributed by atoms with Gasteiger partial charge in [-0.25, -0.2) is 18.2 Å². The number of carbonyl (C=O) groups is 2. The monoisotopic (exact) mass is 714 g/mol. The van der Waals surface area contributed by atoms with Crippen LogP contribution in [0.15, 0.2) is 58.8 Å². The molecule has 268 valence electrons. The molecular weight excluding hydrogens is 665 g/mol. The van der Waals surface area contributed by atoms with Gasteiger partial charge in [-0.15, -0.1) is 11.3 Å². The average molecular weight is 715 g/mol. The maximum Gasteiger partial charge on any atom is 0.321 e. The number of aliphatic hydroxyl groups is 1. The SMILES string of the molecule is Cc1nc(CN2CCN([C@H](C(=O)N[C@@H](Cc3ccccc3)[C@@H](O)CN(CC(C)C)S(=O)(=O)c3ccc(O)c(N(C)C)c3)C(C)C)C2=O)cs1. The fraction of sp³-hybridized carbons (Fsp3) is 0.514. The molecule has 0 radical (unpaired) electrons. The number of rotatable bonds is 16. The summed E-state index contributed by atoms with van der Waals surface area (Å²) in [5.74, 6) is -0.778. The Bertz CT molecular complexity index is 1680. The number of carbonyl (C=O) groups excluding carboxylic acids is 2. The summed E-state index contributed by atoms with van der Waals surface area (Å²) in [4.78, 5) is 37.0. The van der Waals surface area contributed by atoms with Crippen LogP contribution in [-0.2, 0) is 27.8 Å². The highest BCUT2D eigenvalue weighted by Crippen LogP contribution is 2.30. The predicted octanol–water partition coefficient (Wildman–Crippen LogP) is 3.92. The van der Waals surface area contributed by atoms with Gasteiger partial charge in [0.25, 0.3) is 0 Å². The van der Waals surface area contributed by atoms with Crippen LogP contribution in [0.5, 0.6) is 5.75 Å². The summed E-state index contributed by atoms with van der Waals surface area (Å²) in [5, 5.41) is 27.9. The van der Waals surface area contributed by atoms with Gasteiger partial charge in [0.15, 0.2) is 0 Å². The van der Waals surface area contributed by atoms with Crippen molar-refractivity contribution in [1.29, 1.82) is 0 Å². The summed E-state index contributed by atoms with van der Waals surface area (Å²) in [6, 6.07) is 11.5. The Labute approximate surface area is 294 Å². The number of phenolic OH excluding ortho intramolecular Hbond substituents is 1. The second kappa shape index (κ2) is 16.3. The van der Waals surface area contributed by atoms with E-state index in [1.807, 2.05) is 70.3 Å². The zero-order valence-corrected chi connectivity index (χ0v) is 31.0. The van der Waals surface area contributed by atoms with E-state index in [4.69, 9.17) is 0 Å². The third kappa shape index (κ3) is 9.50. The van der Waals surface area contributed by atoms with Gasteiger partial charge in [-0.3, -0.25) is 4.79 Å². The number of nitrogens with one attached hydrogen (secondary N) is 1. The highest BCUT2D eigenvalue weighted by atomic mass is 32.2. The fourth-order valence-corrected chi connectivity index (χ4v) is 8.34. The quantitative estimate of drug-likeness (QED) is 0.203. The second-order valence-electron chi connectivity index (χ2n) is 13.6. The lowest BCUT2D eigenvalue weighted by molar-refractivity contribution is -0.128. The van der Waals surface area contributed by atoms with E-state index in [1.54, 1.807) is 28.8 Å². The molecular formula is C35H50N6O6S2. The Kier molecular flexibility index (Phi) is 12.7. The van der Waals surface area contributed by atoms with Crippen molar-refractivity contribution in [2.45, 2.75) is 70.7 Å². The van der Waals surface area contributed by atoms with Crippen molar-refractivity contribution in [2.75, 3.05) is 45.2 Å². The van der Waals surface area contributed by atoms with Gasteiger partial charge in [0, 0.05) is 45.7 Å². The molecule has 3 amide bonds. The second-order valence-corrected chi connectivity index (χ2v) is 16.6. The lowest BCUT2D eigenvalue weighted by atomic mass is 9.97. The third-order valence-electron chi connectivity index (χ3n) is 8.50. The number of anilines is 1. The number of amides is 3. The molecule has 1 saturated heterocycles. The first-order chi connectivity index (χ1) is 23.1. The number of aromatic nitrogens is 1. The molecule has 2 aromatic carbocycles. The number of phenols is 1. The first kappa shape index (κ1) is 38.1. The molecule has 1 aliphatic heterocycles. The van der Waals surface area contributed by atoms with Crippen LogP contribution in [0.3, 0.4) is 0 Å². The number of aryl methyl sites for hydroxylation is 1. The zero-order chi connectivity index (χ0) is 36.0. The molecule has 3 N–H and O–H groups in total. The van der Waals surface area contributed by atoms with E-state index >= 15 is 0 Å². The van der Waals surface area contributed by atoms with Gasteiger partial charge in [-0.05, 0) is 48.9 Å². The smallest absolute Gasteiger partial charge is 0.321 e. The molecule has 3 aromatic rings. The van der Waals surface area contributed by atoms with Gasteiger partial charge in [0.1, 0.15) is 11.8 Å². The first-order valence-corrected chi connectivity index (χ1v) is 18.9. The molecule has 1 aliphatic rings. The van der Waals surface area contributed by atoms with Crippen LogP contribution in [0.4, 0.5) is 10.5 Å². The molecule has 0 spiro atoms. The van der Waals surface area contributed by atoms with E-state index in [-0.39, 0.29) is 48.0 Å². The molecule has 12 nitrogen and oxygen atoms in total. The molecule has 1 aromatic heterocycles. The van der Waals surface area contributed by atoms with Crippen LogP contribution in [0.2, 0.25) is 0 Å². The highest BCUT2D eigenvalue weighted by Gasteiger charge is 2.40. The summed E-state index contributed by atoms with van der Waals surface area (Å²) in [7, 11) is -0.708. The Morgan fingerprint density at radius 3 is 2.35 bits per heavy atom. The first-order valence-electron chi connectivity index (χ1n) is 16.6. The van der Waals surface area contributed by atoms with E-state index in [2.05, 4.69) is 10.3 Å². The van der Waals surface area contributed by atoms with E-state index in [1.165, 1.54) is 33.8 Å². The molecule has 1 fully saturated rings. The van der Waals surface area contributed by atoms with Crippen molar-refractivity contribution in [1.82, 2.24) is 24.4 Å². The summed E-state index contributed by atoms with van der Waals surface area (Å²) in [6.45, 7) is 10.5. The largest absolute Gasteiger partial charge is 0.506 e. The Hall–Kier alpha value is -3.72. The van der Waals surface area contributed by atoms with Crippen molar-refractivity contribution in [3.05, 3.63) is 70.2 Å². The number of thiazole rings is 1. The standard InChI is InChI=1S/C35H50N6O6S2/c1-23(2)19-40(49(46,47)28-13-14-31(42)30(18-28)38(6)7)21-32(43)29(17-26-11-9-8-10-12-26)37-34(44)33(24(3)4)41-16-15-39(35(41)45)20-27-22-48-25(5)36-27/h8-14,18,22-24,29,32-33,42-43H,15-17,19-21H2,1-7H3,(H,37,44)/t29-,32-,33-/m0/s1. The molecule has 0 aliphatic carbocycles. The van der Waals surface area contributed by atoms with Crippen molar-refractivity contribution in [2.24, 2.45) is 11.8 Å². The third-order valence-corrected chi connectivity index (χ3v) is 11.1. The molecule has 0 bridgehead atoms. The molecule has 2 heterocycles. The Morgan fingerprint density at radius 2 is 1.76 bits per heavy atom. The van der Waals surface area contributed by atoms with Gasteiger partial charge in [-0.2, -0.15) is 4.31 Å². The van der Waals surface area contributed by atoms with E-state index < -0.39 is 34.1 Å². The lowest BCUT2D eigenvalue weighted by Crippen LogP contribution is -2.57. The molecule has 49 heavy (non-hydrogen) atoms. The van der Waals surface area contributed by atoms with Gasteiger partial charge in [0.05, 0.1) is 40.0 Å². The molecule has 4 rings (SSSR count). The van der Waals surface area contributed by atoms with E-state index in [9.17, 15) is 28.2 Å². The van der Waals surface area contributed by atoms with Crippen molar-refractivity contribution in [3.63, 3.8) is 0 Å². The number of benzene rings is 2. The zero-order valence-electron chi connectivity index (χ0n) is 29.4. The van der Waals surface area contributed by atoms with Gasteiger partial charge >= 0.3 is 6.03 Å². The number of hydrogen-bond acceptors (Lipinski definition) is 9. The van der Waals surface area contributed by atoms with Gasteiger partial charge < -0.3 is 30.2 Å². The number of aromatic hydroxyl groups is 1. The van der Waals surface area contributed by atoms with Crippen LogP contribution in [-0.4, -0.2) is 108 Å². The van der Waals surface area contributed by atoms with Crippen LogP contribution < -0.4 is 10.2 Å². The van der Waals surface area contributed by atoms with Crippen LogP contribution >= 0.6 is 11.3 Å². The number of aliphatic hydroxyl groups excluding tert-OH is 1. The molecule has 3 atom stereocenters. The predicted molar refractivity (Wildman–Crippen MR) is 192 cm³/mol. The Morgan fingerprint density at radius 1 is 1.06 bits per heavy atom. The maximum absolute atomic E-state index is 14.1. The summed E-state index contributed by atoms with van der Waals surface area (Å²) in [5.41, 5.74) is 2.00. The van der Waals surface area contributed by atoms with Crippen LogP contribution in [0.25, 0.3) is 0 Å². The minimum absolute atomic E-state index is 0.0183.